The van der Waals surface area contributed by atoms with Gasteiger partial charge in [-0.1, -0.05) is 49.6 Å². The molecule has 0 atom stereocenters. The predicted molar refractivity (Wildman–Crippen MR) is 106 cm³/mol. The first-order chi connectivity index (χ1) is 12.2. The van der Waals surface area contributed by atoms with Crippen LogP contribution in [0.4, 0.5) is 0 Å². The Morgan fingerprint density at radius 3 is 1.56 bits per heavy atom. The van der Waals surface area contributed by atoms with Crippen molar-refractivity contribution in [3.05, 3.63) is 96.4 Å². The average Bonchev–Trinajstić information content (AvgIpc) is 3.30. The number of hydrogen-bond donors (Lipinski definition) is 2. The van der Waals surface area contributed by atoms with Gasteiger partial charge < -0.3 is 9.97 Å². The van der Waals surface area contributed by atoms with E-state index in [0.29, 0.717) is 0 Å². The largest absolute Gasteiger partial charge is 0.361 e. The van der Waals surface area contributed by atoms with Gasteiger partial charge in [-0.15, -0.1) is 0 Å². The molecule has 4 aromatic rings. The quantitative estimate of drug-likeness (QED) is 0.448. The summed E-state index contributed by atoms with van der Waals surface area (Å²) in [6.45, 7) is 8.69. The molecule has 2 N–H and O–H groups in total. The molecule has 1 aliphatic carbocycles. The number of benzene rings is 2. The van der Waals surface area contributed by atoms with Crippen LogP contribution in [0, 0.1) is 0 Å². The van der Waals surface area contributed by atoms with E-state index in [1.165, 1.54) is 33.0 Å². The Hall–Kier alpha value is -3.26. The van der Waals surface area contributed by atoms with Gasteiger partial charge in [0.25, 0.3) is 0 Å². The molecule has 0 bridgehead atoms. The number of allylic oxidation sites excluding steroid dienone is 4. The van der Waals surface area contributed by atoms with Gasteiger partial charge >= 0.3 is 0 Å². The topological polar surface area (TPSA) is 31.6 Å². The number of para-hydroxylation sites is 2. The van der Waals surface area contributed by atoms with Crippen LogP contribution in [0.2, 0.25) is 0 Å². The van der Waals surface area contributed by atoms with Crippen LogP contribution in [0.5, 0.6) is 0 Å². The summed E-state index contributed by atoms with van der Waals surface area (Å²) in [4.78, 5) is 6.78. The van der Waals surface area contributed by atoms with Crippen LogP contribution in [-0.2, 0) is 0 Å². The SMILES string of the molecule is C=C1CC(=C)C(c2c[nH]c3ccccc23)=C1c1c[nH]c2ccccc12. The normalized spacial score (nSPS) is 15.0. The third-order valence-corrected chi connectivity index (χ3v) is 5.10. The van der Waals surface area contributed by atoms with Crippen molar-refractivity contribution in [2.75, 3.05) is 0 Å². The number of nitrogens with one attached hydrogen (secondary N) is 2. The highest BCUT2D eigenvalue weighted by molar-refractivity contribution is 6.15. The Morgan fingerprint density at radius 1 is 0.640 bits per heavy atom. The van der Waals surface area contributed by atoms with E-state index in [2.05, 4.69) is 84.1 Å². The fraction of sp³-hybridized carbons (Fsp3) is 0.0435. The van der Waals surface area contributed by atoms with Crippen molar-refractivity contribution in [3.8, 4) is 0 Å². The molecule has 0 saturated carbocycles. The van der Waals surface area contributed by atoms with Crippen molar-refractivity contribution in [1.29, 1.82) is 0 Å². The zero-order chi connectivity index (χ0) is 17.0. The van der Waals surface area contributed by atoms with E-state index in [-0.39, 0.29) is 0 Å². The number of hydrogen-bond acceptors (Lipinski definition) is 0. The van der Waals surface area contributed by atoms with E-state index in [4.69, 9.17) is 0 Å². The molecule has 25 heavy (non-hydrogen) atoms. The molecule has 1 aliphatic rings. The number of rotatable bonds is 2. The van der Waals surface area contributed by atoms with Crippen molar-refractivity contribution in [2.24, 2.45) is 0 Å². The number of aromatic amines is 2. The number of H-pyrrole nitrogens is 2. The zero-order valence-electron chi connectivity index (χ0n) is 13.9. The Kier molecular flexibility index (Phi) is 2.89. The maximum absolute atomic E-state index is 4.35. The highest BCUT2D eigenvalue weighted by Gasteiger charge is 2.27. The summed E-state index contributed by atoms with van der Waals surface area (Å²) in [5.41, 5.74) is 9.41. The molecule has 0 fully saturated rings. The van der Waals surface area contributed by atoms with Gasteiger partial charge in [0, 0.05) is 45.3 Å². The summed E-state index contributed by atoms with van der Waals surface area (Å²) < 4.78 is 0. The molecule has 0 saturated heterocycles. The monoisotopic (exact) mass is 322 g/mol. The minimum Gasteiger partial charge on any atom is -0.361 e. The highest BCUT2D eigenvalue weighted by Crippen LogP contribution is 2.48. The van der Waals surface area contributed by atoms with Gasteiger partial charge in [0.1, 0.15) is 0 Å². The number of fused-ring (bicyclic) bond motifs is 2. The third kappa shape index (κ3) is 1.97. The lowest BCUT2D eigenvalue weighted by Crippen LogP contribution is -1.87. The molecule has 2 nitrogen and oxygen atoms in total. The second kappa shape index (κ2) is 5.12. The second-order valence-electron chi connectivity index (χ2n) is 6.63. The van der Waals surface area contributed by atoms with Gasteiger partial charge in [-0.2, -0.15) is 0 Å². The third-order valence-electron chi connectivity index (χ3n) is 5.10. The molecule has 2 heteroatoms. The van der Waals surface area contributed by atoms with Crippen molar-refractivity contribution in [3.63, 3.8) is 0 Å². The molecular formula is C23H18N2. The van der Waals surface area contributed by atoms with E-state index in [1.807, 2.05) is 0 Å². The summed E-state index contributed by atoms with van der Waals surface area (Å²) in [5.74, 6) is 0. The Bertz CT molecular complexity index is 1100. The zero-order valence-corrected chi connectivity index (χ0v) is 13.9. The van der Waals surface area contributed by atoms with Crippen LogP contribution >= 0.6 is 0 Å². The fourth-order valence-corrected chi connectivity index (χ4v) is 3.99. The maximum atomic E-state index is 4.35. The van der Waals surface area contributed by atoms with E-state index in [0.717, 1.165) is 28.6 Å². The summed E-state index contributed by atoms with van der Waals surface area (Å²) in [6.07, 6.45) is 5.01. The van der Waals surface area contributed by atoms with Crippen LogP contribution in [-0.4, -0.2) is 9.97 Å². The summed E-state index contributed by atoms with van der Waals surface area (Å²) in [5, 5.41) is 2.45. The molecule has 120 valence electrons. The van der Waals surface area contributed by atoms with Gasteiger partial charge in [0.05, 0.1) is 0 Å². The van der Waals surface area contributed by atoms with E-state index >= 15 is 0 Å². The van der Waals surface area contributed by atoms with Crippen LogP contribution in [0.1, 0.15) is 17.5 Å². The first-order valence-electron chi connectivity index (χ1n) is 8.47. The van der Waals surface area contributed by atoms with Crippen molar-refractivity contribution >= 4 is 33.0 Å². The van der Waals surface area contributed by atoms with E-state index in [1.54, 1.807) is 0 Å². The first kappa shape index (κ1) is 14.1. The molecule has 0 amide bonds. The number of aromatic nitrogens is 2. The smallest absolute Gasteiger partial charge is 0.0460 e. The lowest BCUT2D eigenvalue weighted by atomic mass is 9.94. The lowest BCUT2D eigenvalue weighted by Gasteiger charge is -2.08. The maximum Gasteiger partial charge on any atom is 0.0460 e. The van der Waals surface area contributed by atoms with Gasteiger partial charge in [-0.05, 0) is 40.8 Å². The molecule has 0 radical (unpaired) electrons. The highest BCUT2D eigenvalue weighted by atomic mass is 14.7. The van der Waals surface area contributed by atoms with Crippen molar-refractivity contribution in [1.82, 2.24) is 9.97 Å². The predicted octanol–water partition coefficient (Wildman–Crippen LogP) is 6.08. The first-order valence-corrected chi connectivity index (χ1v) is 8.47. The van der Waals surface area contributed by atoms with Crippen LogP contribution < -0.4 is 0 Å². The standard InChI is InChI=1S/C23H18N2/c1-14-11-15(2)23(19-13-25-21-10-6-4-8-17(19)21)22(14)18-12-24-20-9-5-3-7-16(18)20/h3-10,12-13,24-25H,1-2,11H2. The van der Waals surface area contributed by atoms with E-state index in [9.17, 15) is 0 Å². The fourth-order valence-electron chi connectivity index (χ4n) is 3.99. The second-order valence-corrected chi connectivity index (χ2v) is 6.63. The van der Waals surface area contributed by atoms with Crippen molar-refractivity contribution < 1.29 is 0 Å². The Labute approximate surface area is 146 Å². The Balaban J connectivity index is 1.85. The van der Waals surface area contributed by atoms with Crippen LogP contribution in [0.25, 0.3) is 33.0 Å². The molecule has 2 aromatic carbocycles. The van der Waals surface area contributed by atoms with Crippen LogP contribution in [0.15, 0.2) is 85.2 Å². The van der Waals surface area contributed by atoms with Gasteiger partial charge in [-0.25, -0.2) is 0 Å². The molecule has 2 heterocycles. The molecular weight excluding hydrogens is 304 g/mol. The van der Waals surface area contributed by atoms with E-state index < -0.39 is 0 Å². The molecule has 0 aliphatic heterocycles. The van der Waals surface area contributed by atoms with Gasteiger partial charge in [0.2, 0.25) is 0 Å². The molecule has 5 rings (SSSR count). The lowest BCUT2D eigenvalue weighted by molar-refractivity contribution is 1.30. The minimum atomic E-state index is 0.823. The van der Waals surface area contributed by atoms with Crippen molar-refractivity contribution in [2.45, 2.75) is 6.42 Å². The van der Waals surface area contributed by atoms with Gasteiger partial charge in [0.15, 0.2) is 0 Å². The molecule has 0 unspecified atom stereocenters. The molecule has 2 aromatic heterocycles. The summed E-state index contributed by atoms with van der Waals surface area (Å²) in [6, 6.07) is 16.8. The van der Waals surface area contributed by atoms with Crippen LogP contribution in [0.3, 0.4) is 0 Å². The summed E-state index contributed by atoms with van der Waals surface area (Å²) >= 11 is 0. The summed E-state index contributed by atoms with van der Waals surface area (Å²) in [7, 11) is 0. The molecule has 0 spiro atoms. The Morgan fingerprint density at radius 2 is 1.08 bits per heavy atom. The minimum absolute atomic E-state index is 0.823. The average molecular weight is 322 g/mol. The van der Waals surface area contributed by atoms with Gasteiger partial charge in [-0.3, -0.25) is 0 Å².